The molecular formula is C14H18ClNO2S. The van der Waals surface area contributed by atoms with Crippen molar-refractivity contribution in [1.82, 2.24) is 5.32 Å². The zero-order valence-corrected chi connectivity index (χ0v) is 12.8. The first kappa shape index (κ1) is 16.1. The van der Waals surface area contributed by atoms with Gasteiger partial charge >= 0.3 is 0 Å². The standard InChI is InChI=1S/C14H18ClNO2S/c1-9(2)14(10(3)17)16-13(18)8-19-12-7-5-4-6-11(12)15/h4-7,9,14H,8H2,1-3H3,(H,16,18). The average Bonchev–Trinajstić information content (AvgIpc) is 2.34. The van der Waals surface area contributed by atoms with E-state index in [4.69, 9.17) is 11.6 Å². The Balaban J connectivity index is 2.52. The lowest BCUT2D eigenvalue weighted by atomic mass is 10.0. The zero-order valence-electron chi connectivity index (χ0n) is 11.3. The number of hydrogen-bond acceptors (Lipinski definition) is 3. The second-order valence-electron chi connectivity index (χ2n) is 4.62. The van der Waals surface area contributed by atoms with Crippen LogP contribution >= 0.6 is 23.4 Å². The highest BCUT2D eigenvalue weighted by atomic mass is 35.5. The van der Waals surface area contributed by atoms with Gasteiger partial charge in [-0.25, -0.2) is 0 Å². The number of halogens is 1. The van der Waals surface area contributed by atoms with Gasteiger partial charge in [0, 0.05) is 4.90 Å². The fraction of sp³-hybridized carbons (Fsp3) is 0.429. The first-order valence-electron chi connectivity index (χ1n) is 6.09. The molecule has 1 atom stereocenters. The van der Waals surface area contributed by atoms with Crippen molar-refractivity contribution in [1.29, 1.82) is 0 Å². The molecule has 0 saturated heterocycles. The van der Waals surface area contributed by atoms with Gasteiger partial charge in [0.05, 0.1) is 16.8 Å². The van der Waals surface area contributed by atoms with Crippen molar-refractivity contribution in [3.05, 3.63) is 29.3 Å². The predicted molar refractivity (Wildman–Crippen MR) is 79.6 cm³/mol. The van der Waals surface area contributed by atoms with Crippen LogP contribution in [0.25, 0.3) is 0 Å². The molecule has 0 aliphatic heterocycles. The lowest BCUT2D eigenvalue weighted by Crippen LogP contribution is -2.44. The highest BCUT2D eigenvalue weighted by Gasteiger charge is 2.20. The number of nitrogens with one attached hydrogen (secondary N) is 1. The summed E-state index contributed by atoms with van der Waals surface area (Å²) < 4.78 is 0. The van der Waals surface area contributed by atoms with Gasteiger partial charge in [-0.05, 0) is 25.0 Å². The molecule has 104 valence electrons. The van der Waals surface area contributed by atoms with Gasteiger partial charge in [0.1, 0.15) is 0 Å². The van der Waals surface area contributed by atoms with E-state index in [0.29, 0.717) is 5.02 Å². The Morgan fingerprint density at radius 3 is 2.47 bits per heavy atom. The second kappa shape index (κ2) is 7.56. The molecule has 0 aliphatic carbocycles. The summed E-state index contributed by atoms with van der Waals surface area (Å²) in [6.45, 7) is 5.31. The molecule has 1 rings (SSSR count). The average molecular weight is 300 g/mol. The summed E-state index contributed by atoms with van der Waals surface area (Å²) in [6.07, 6.45) is 0. The summed E-state index contributed by atoms with van der Waals surface area (Å²) >= 11 is 7.37. The van der Waals surface area contributed by atoms with Gasteiger partial charge in [-0.2, -0.15) is 0 Å². The largest absolute Gasteiger partial charge is 0.345 e. The number of amides is 1. The Bertz CT molecular complexity index is 463. The molecule has 1 aromatic rings. The third kappa shape index (κ3) is 5.25. The molecule has 3 nitrogen and oxygen atoms in total. The van der Waals surface area contributed by atoms with E-state index in [0.717, 1.165) is 4.90 Å². The van der Waals surface area contributed by atoms with E-state index in [9.17, 15) is 9.59 Å². The number of ketones is 1. The first-order chi connectivity index (χ1) is 8.91. The van der Waals surface area contributed by atoms with E-state index < -0.39 is 6.04 Å². The summed E-state index contributed by atoms with van der Waals surface area (Å²) in [5, 5.41) is 3.38. The van der Waals surface area contributed by atoms with Crippen molar-refractivity contribution in [3.8, 4) is 0 Å². The van der Waals surface area contributed by atoms with Gasteiger partial charge in [-0.3, -0.25) is 9.59 Å². The topological polar surface area (TPSA) is 46.2 Å². The van der Waals surface area contributed by atoms with E-state index >= 15 is 0 Å². The normalized spacial score (nSPS) is 12.3. The number of thioether (sulfide) groups is 1. The van der Waals surface area contributed by atoms with Crippen molar-refractivity contribution >= 4 is 35.1 Å². The Hall–Kier alpha value is -1.00. The van der Waals surface area contributed by atoms with Crippen molar-refractivity contribution in [2.24, 2.45) is 5.92 Å². The number of carbonyl (C=O) groups is 2. The van der Waals surface area contributed by atoms with Crippen LogP contribution in [0.5, 0.6) is 0 Å². The van der Waals surface area contributed by atoms with Crippen LogP contribution in [0, 0.1) is 5.92 Å². The van der Waals surface area contributed by atoms with E-state index in [-0.39, 0.29) is 23.4 Å². The third-order valence-corrected chi connectivity index (χ3v) is 4.13. The minimum absolute atomic E-state index is 0.0221. The molecule has 0 aliphatic rings. The van der Waals surface area contributed by atoms with Gasteiger partial charge in [0.15, 0.2) is 5.78 Å². The second-order valence-corrected chi connectivity index (χ2v) is 6.04. The molecule has 5 heteroatoms. The minimum atomic E-state index is -0.417. The lowest BCUT2D eigenvalue weighted by Gasteiger charge is -2.19. The highest BCUT2D eigenvalue weighted by molar-refractivity contribution is 8.00. The van der Waals surface area contributed by atoms with Crippen LogP contribution < -0.4 is 5.32 Å². The van der Waals surface area contributed by atoms with Crippen LogP contribution in [0.15, 0.2) is 29.2 Å². The molecule has 1 unspecified atom stereocenters. The Kier molecular flexibility index (Phi) is 6.38. The van der Waals surface area contributed by atoms with Crippen LogP contribution in [-0.2, 0) is 9.59 Å². The lowest BCUT2D eigenvalue weighted by molar-refractivity contribution is -0.126. The van der Waals surface area contributed by atoms with Gasteiger partial charge < -0.3 is 5.32 Å². The molecule has 1 aromatic carbocycles. The van der Waals surface area contributed by atoms with E-state index in [1.54, 1.807) is 6.07 Å². The molecule has 1 amide bonds. The third-order valence-electron chi connectivity index (χ3n) is 2.62. The van der Waals surface area contributed by atoms with Crippen LogP contribution in [-0.4, -0.2) is 23.5 Å². The van der Waals surface area contributed by atoms with Crippen LogP contribution in [0.4, 0.5) is 0 Å². The fourth-order valence-corrected chi connectivity index (χ4v) is 2.71. The predicted octanol–water partition coefficient (Wildman–Crippen LogP) is 3.16. The zero-order chi connectivity index (χ0) is 14.4. The maximum absolute atomic E-state index is 11.8. The van der Waals surface area contributed by atoms with Crippen LogP contribution in [0.2, 0.25) is 5.02 Å². The Morgan fingerprint density at radius 2 is 1.95 bits per heavy atom. The van der Waals surface area contributed by atoms with Gasteiger partial charge in [0.2, 0.25) is 5.91 Å². The number of benzene rings is 1. The smallest absolute Gasteiger partial charge is 0.230 e. The first-order valence-corrected chi connectivity index (χ1v) is 7.45. The molecule has 0 aromatic heterocycles. The molecule has 1 N–H and O–H groups in total. The quantitative estimate of drug-likeness (QED) is 0.821. The van der Waals surface area contributed by atoms with E-state index in [2.05, 4.69) is 5.32 Å². The molecule has 19 heavy (non-hydrogen) atoms. The molecular weight excluding hydrogens is 282 g/mol. The van der Waals surface area contributed by atoms with Crippen molar-refractivity contribution in [3.63, 3.8) is 0 Å². The summed E-state index contributed by atoms with van der Waals surface area (Å²) in [6, 6.07) is 6.95. The minimum Gasteiger partial charge on any atom is -0.345 e. The molecule has 0 spiro atoms. The Labute approximate surface area is 123 Å². The van der Waals surface area contributed by atoms with Crippen molar-refractivity contribution in [2.45, 2.75) is 31.7 Å². The van der Waals surface area contributed by atoms with Gasteiger partial charge in [-0.15, -0.1) is 11.8 Å². The fourth-order valence-electron chi connectivity index (χ4n) is 1.66. The van der Waals surface area contributed by atoms with Crippen LogP contribution in [0.3, 0.4) is 0 Å². The Morgan fingerprint density at radius 1 is 1.32 bits per heavy atom. The highest BCUT2D eigenvalue weighted by Crippen LogP contribution is 2.26. The van der Waals surface area contributed by atoms with E-state index in [1.807, 2.05) is 32.0 Å². The van der Waals surface area contributed by atoms with E-state index in [1.165, 1.54) is 18.7 Å². The number of hydrogen-bond donors (Lipinski definition) is 1. The SMILES string of the molecule is CC(=O)C(NC(=O)CSc1ccccc1Cl)C(C)C. The van der Waals surface area contributed by atoms with Crippen molar-refractivity contribution in [2.75, 3.05) is 5.75 Å². The maximum atomic E-state index is 11.8. The summed E-state index contributed by atoms with van der Waals surface area (Å²) in [7, 11) is 0. The van der Waals surface area contributed by atoms with Crippen molar-refractivity contribution < 1.29 is 9.59 Å². The molecule has 0 bridgehead atoms. The monoisotopic (exact) mass is 299 g/mol. The molecule has 0 fully saturated rings. The van der Waals surface area contributed by atoms with Gasteiger partial charge in [0.25, 0.3) is 0 Å². The number of rotatable bonds is 6. The molecule has 0 heterocycles. The summed E-state index contributed by atoms with van der Waals surface area (Å²) in [5.74, 6) is 0.164. The van der Waals surface area contributed by atoms with Gasteiger partial charge in [-0.1, -0.05) is 37.6 Å². The number of carbonyl (C=O) groups excluding carboxylic acids is 2. The molecule has 0 radical (unpaired) electrons. The van der Waals surface area contributed by atoms with Crippen LogP contribution in [0.1, 0.15) is 20.8 Å². The summed E-state index contributed by atoms with van der Waals surface area (Å²) in [5.41, 5.74) is 0. The summed E-state index contributed by atoms with van der Waals surface area (Å²) in [4.78, 5) is 24.1. The number of Topliss-reactive ketones (excluding diaryl/α,β-unsaturated/α-hetero) is 1. The maximum Gasteiger partial charge on any atom is 0.230 e. The molecule has 0 saturated carbocycles.